The number of carbonyl (C=O) groups excluding carboxylic acids is 1. The zero-order chi connectivity index (χ0) is 27.2. The fraction of sp³-hybridized carbons (Fsp3) is 0.522. The Morgan fingerprint density at radius 2 is 2.00 bits per heavy atom. The first-order valence-corrected chi connectivity index (χ1v) is 13.3. The number of hydrogen-bond donors (Lipinski definition) is 4. The maximum atomic E-state index is 13.8. The third kappa shape index (κ3) is 5.02. The summed E-state index contributed by atoms with van der Waals surface area (Å²) in [4.78, 5) is 28.5. The van der Waals surface area contributed by atoms with Gasteiger partial charge in [-0.2, -0.15) is 10.1 Å². The minimum atomic E-state index is -4.22. The van der Waals surface area contributed by atoms with E-state index in [2.05, 4.69) is 10.1 Å². The van der Waals surface area contributed by atoms with Crippen molar-refractivity contribution in [2.24, 2.45) is 5.73 Å². The molecular formula is C23H32N5O8P. The van der Waals surface area contributed by atoms with Crippen molar-refractivity contribution in [3.05, 3.63) is 53.1 Å². The number of nitrogens with two attached hydrogens (primary N) is 2. The van der Waals surface area contributed by atoms with Crippen molar-refractivity contribution in [3.63, 3.8) is 0 Å². The van der Waals surface area contributed by atoms with Crippen molar-refractivity contribution < 1.29 is 33.0 Å². The van der Waals surface area contributed by atoms with Crippen molar-refractivity contribution in [2.45, 2.75) is 69.2 Å². The van der Waals surface area contributed by atoms with Crippen molar-refractivity contribution in [1.29, 1.82) is 0 Å². The van der Waals surface area contributed by atoms with Gasteiger partial charge in [0.1, 0.15) is 28.8 Å². The highest BCUT2D eigenvalue weighted by atomic mass is 31.2. The largest absolute Gasteiger partial charge is 0.462 e. The molecule has 6 atom stereocenters. The van der Waals surface area contributed by atoms with Crippen LogP contribution in [-0.4, -0.2) is 56.1 Å². The van der Waals surface area contributed by atoms with E-state index in [9.17, 15) is 19.3 Å². The minimum absolute atomic E-state index is 0.0232. The number of aliphatic hydroxyl groups is 1. The molecule has 0 spiro atoms. The van der Waals surface area contributed by atoms with Crippen LogP contribution in [0.15, 0.2) is 47.4 Å². The third-order valence-electron chi connectivity index (χ3n) is 6.51. The number of rotatable bonds is 10. The van der Waals surface area contributed by atoms with Crippen LogP contribution in [0.3, 0.4) is 0 Å². The summed E-state index contributed by atoms with van der Waals surface area (Å²) >= 11 is 0. The molecule has 4 rings (SSSR count). The molecule has 202 valence electrons. The quantitative estimate of drug-likeness (QED) is 0.250. The average Bonchev–Trinajstić information content (AvgIpc) is 3.38. The van der Waals surface area contributed by atoms with E-state index in [1.54, 1.807) is 44.2 Å². The predicted molar refractivity (Wildman–Crippen MR) is 132 cm³/mol. The Kier molecular flexibility index (Phi) is 6.99. The fourth-order valence-corrected chi connectivity index (χ4v) is 5.95. The number of nitrogens with zero attached hydrogens (tertiary/aromatic N) is 2. The monoisotopic (exact) mass is 537 g/mol. The minimum Gasteiger partial charge on any atom is -0.462 e. The number of nitrogens with one attached hydrogen (secondary N) is 1. The predicted octanol–water partition coefficient (Wildman–Crippen LogP) is 1.08. The molecule has 37 heavy (non-hydrogen) atoms. The first kappa shape index (κ1) is 27.2. The van der Waals surface area contributed by atoms with Crippen molar-refractivity contribution in [2.75, 3.05) is 12.3 Å². The SMILES string of the molecule is CC(C)OC(=O)C(C)NP(=O)(OC[C@]12C[C@]1(O)[C@@](C)(N)[C@H](n1ccc(N)nc1=O)O2)Oc1ccccc1. The molecule has 2 heterocycles. The van der Waals surface area contributed by atoms with Gasteiger partial charge in [-0.1, -0.05) is 18.2 Å². The summed E-state index contributed by atoms with van der Waals surface area (Å²) in [6.07, 6.45) is -0.0740. The van der Waals surface area contributed by atoms with Crippen molar-refractivity contribution in [1.82, 2.24) is 14.6 Å². The summed E-state index contributed by atoms with van der Waals surface area (Å²) < 4.78 is 37.6. The van der Waals surface area contributed by atoms with Gasteiger partial charge in [0, 0.05) is 12.6 Å². The van der Waals surface area contributed by atoms with Crippen molar-refractivity contribution in [3.8, 4) is 5.75 Å². The molecular weight excluding hydrogens is 505 g/mol. The van der Waals surface area contributed by atoms with Crippen LogP contribution in [0.4, 0.5) is 5.82 Å². The van der Waals surface area contributed by atoms with Crippen LogP contribution in [0.2, 0.25) is 0 Å². The molecule has 1 aliphatic carbocycles. The molecule has 1 aromatic heterocycles. The molecule has 13 nitrogen and oxygen atoms in total. The van der Waals surface area contributed by atoms with Gasteiger partial charge in [0.25, 0.3) is 0 Å². The van der Waals surface area contributed by atoms with Gasteiger partial charge in [-0.15, -0.1) is 0 Å². The van der Waals surface area contributed by atoms with Crippen LogP contribution in [-0.2, 0) is 23.4 Å². The van der Waals surface area contributed by atoms with Crippen molar-refractivity contribution >= 4 is 19.5 Å². The second-order valence-electron chi connectivity index (χ2n) is 9.84. The number of ether oxygens (including phenoxy) is 2. The highest BCUT2D eigenvalue weighted by molar-refractivity contribution is 7.52. The molecule has 2 fully saturated rings. The van der Waals surface area contributed by atoms with Gasteiger partial charge in [-0.05, 0) is 45.9 Å². The van der Waals surface area contributed by atoms with E-state index < -0.39 is 55.0 Å². The molecule has 2 aliphatic rings. The Labute approximate surface area is 213 Å². The van der Waals surface area contributed by atoms with Gasteiger partial charge in [0.05, 0.1) is 18.2 Å². The van der Waals surface area contributed by atoms with Crippen LogP contribution in [0.25, 0.3) is 0 Å². The fourth-order valence-electron chi connectivity index (χ4n) is 4.41. The third-order valence-corrected chi connectivity index (χ3v) is 8.13. The number of fused-ring (bicyclic) bond motifs is 1. The van der Waals surface area contributed by atoms with Crippen LogP contribution < -0.4 is 26.8 Å². The van der Waals surface area contributed by atoms with E-state index in [0.717, 1.165) is 4.57 Å². The molecule has 1 saturated heterocycles. The number of aromatic nitrogens is 2. The maximum Gasteiger partial charge on any atom is 0.459 e. The Morgan fingerprint density at radius 3 is 2.62 bits per heavy atom. The number of nitrogen functional groups attached to an aromatic ring is 1. The van der Waals surface area contributed by atoms with Gasteiger partial charge in [0.15, 0.2) is 6.23 Å². The lowest BCUT2D eigenvalue weighted by molar-refractivity contribution is -0.149. The Balaban J connectivity index is 1.57. The second kappa shape index (κ2) is 9.50. The van der Waals surface area contributed by atoms with E-state index in [0.29, 0.717) is 0 Å². The Bertz CT molecular complexity index is 1270. The molecule has 0 amide bonds. The van der Waals surface area contributed by atoms with Crippen LogP contribution >= 0.6 is 7.75 Å². The first-order chi connectivity index (χ1) is 17.2. The summed E-state index contributed by atoms with van der Waals surface area (Å²) in [7, 11) is -4.22. The molecule has 1 aromatic carbocycles. The van der Waals surface area contributed by atoms with E-state index in [1.165, 1.54) is 26.1 Å². The molecule has 14 heteroatoms. The molecule has 2 aromatic rings. The standard InChI is InChI=1S/C23H32N5O8P/c1-14(2)34-18(29)15(3)27-37(32,36-16-8-6-5-7-9-16)33-13-22-12-23(22,31)21(4,25)19(35-22)28-11-10-17(24)26-20(28)30/h5-11,14-15,19,31H,12-13,25H2,1-4H3,(H,27,32)(H2,24,26,30)/t15?,19-,21+,22-,23+,37?/m1/s1. The average molecular weight is 538 g/mol. The Hall–Kier alpha value is -2.80. The van der Waals surface area contributed by atoms with Gasteiger partial charge in [0.2, 0.25) is 0 Å². The number of para-hydroxylation sites is 1. The second-order valence-corrected chi connectivity index (χ2v) is 11.5. The zero-order valence-corrected chi connectivity index (χ0v) is 21.9. The number of esters is 1. The van der Waals surface area contributed by atoms with E-state index >= 15 is 0 Å². The molecule has 1 saturated carbocycles. The number of benzene rings is 1. The molecule has 0 radical (unpaired) electrons. The summed E-state index contributed by atoms with van der Waals surface area (Å²) in [6, 6.07) is 8.60. The maximum absolute atomic E-state index is 13.8. The lowest BCUT2D eigenvalue weighted by atomic mass is 9.91. The normalized spacial score (nSPS) is 30.8. The molecule has 2 unspecified atom stereocenters. The highest BCUT2D eigenvalue weighted by Crippen LogP contribution is 2.67. The Morgan fingerprint density at radius 1 is 1.32 bits per heavy atom. The zero-order valence-electron chi connectivity index (χ0n) is 21.0. The number of carbonyl (C=O) groups is 1. The lowest BCUT2D eigenvalue weighted by Crippen LogP contribution is -2.55. The summed E-state index contributed by atoms with van der Waals surface area (Å²) in [5, 5.41) is 14.0. The molecule has 6 N–H and O–H groups in total. The molecule has 0 bridgehead atoms. The van der Waals surface area contributed by atoms with Crippen LogP contribution in [0.1, 0.15) is 40.3 Å². The van der Waals surface area contributed by atoms with Crippen LogP contribution in [0, 0.1) is 0 Å². The van der Waals surface area contributed by atoms with E-state index in [4.69, 9.17) is 30.0 Å². The summed E-state index contributed by atoms with van der Waals surface area (Å²) in [5.74, 6) is -0.409. The van der Waals surface area contributed by atoms with E-state index in [-0.39, 0.29) is 24.1 Å². The smallest absolute Gasteiger partial charge is 0.459 e. The van der Waals surface area contributed by atoms with Gasteiger partial charge in [-0.25, -0.2) is 9.36 Å². The van der Waals surface area contributed by atoms with Crippen LogP contribution in [0.5, 0.6) is 5.75 Å². The number of anilines is 1. The summed E-state index contributed by atoms with van der Waals surface area (Å²) in [5.41, 5.74) is 6.88. The topological polar surface area (TPSA) is 190 Å². The highest BCUT2D eigenvalue weighted by Gasteiger charge is 2.83. The summed E-state index contributed by atoms with van der Waals surface area (Å²) in [6.45, 7) is 5.95. The van der Waals surface area contributed by atoms with Gasteiger partial charge in [-0.3, -0.25) is 13.9 Å². The first-order valence-electron chi connectivity index (χ1n) is 11.7. The lowest BCUT2D eigenvalue weighted by Gasteiger charge is -2.32. The number of hydrogen-bond acceptors (Lipinski definition) is 11. The van der Waals surface area contributed by atoms with Gasteiger partial charge < -0.3 is 30.6 Å². The van der Waals surface area contributed by atoms with Gasteiger partial charge >= 0.3 is 19.4 Å². The molecule has 1 aliphatic heterocycles. The van der Waals surface area contributed by atoms with E-state index in [1.807, 2.05) is 0 Å².